The second-order valence-electron chi connectivity index (χ2n) is 5.53. The largest absolute Gasteiger partial charge is 0.493 e. The monoisotopic (exact) mass is 327 g/mol. The van der Waals surface area contributed by atoms with Crippen molar-refractivity contribution in [2.75, 3.05) is 19.0 Å². The summed E-state index contributed by atoms with van der Waals surface area (Å²) < 4.78 is 11.1. The van der Waals surface area contributed by atoms with Crippen LogP contribution in [0.5, 0.6) is 11.5 Å². The molecule has 0 bridgehead atoms. The van der Waals surface area contributed by atoms with Gasteiger partial charge >= 0.3 is 5.69 Å². The molecule has 3 N–H and O–H groups in total. The molecular formula is C18H21N3O3. The molecule has 3 rings (SSSR count). The Hall–Kier alpha value is -2.89. The highest BCUT2D eigenvalue weighted by atomic mass is 16.5. The number of fused-ring (bicyclic) bond motifs is 1. The third kappa shape index (κ3) is 3.53. The third-order valence-corrected chi connectivity index (χ3v) is 3.70. The van der Waals surface area contributed by atoms with Crippen molar-refractivity contribution in [2.45, 2.75) is 19.9 Å². The minimum absolute atomic E-state index is 0.199. The van der Waals surface area contributed by atoms with E-state index in [4.69, 9.17) is 9.47 Å². The van der Waals surface area contributed by atoms with Crippen LogP contribution < -0.4 is 20.5 Å². The highest BCUT2D eigenvalue weighted by Gasteiger charge is 2.06. The quantitative estimate of drug-likeness (QED) is 0.622. The number of aromatic nitrogens is 2. The molecule has 1 heterocycles. The molecule has 0 aliphatic heterocycles. The van der Waals surface area contributed by atoms with Crippen LogP contribution >= 0.6 is 0 Å². The summed E-state index contributed by atoms with van der Waals surface area (Å²) in [7, 11) is 1.64. The van der Waals surface area contributed by atoms with Gasteiger partial charge in [-0.1, -0.05) is 13.0 Å². The summed E-state index contributed by atoms with van der Waals surface area (Å²) in [6.45, 7) is 3.38. The molecule has 0 unspecified atom stereocenters. The summed E-state index contributed by atoms with van der Waals surface area (Å²) in [6.07, 6.45) is 0.955. The van der Waals surface area contributed by atoms with Crippen molar-refractivity contribution < 1.29 is 9.47 Å². The number of imidazole rings is 1. The second kappa shape index (κ2) is 7.12. The molecule has 2 aromatic carbocycles. The lowest BCUT2D eigenvalue weighted by molar-refractivity contribution is 0.294. The Morgan fingerprint density at radius 3 is 2.67 bits per heavy atom. The van der Waals surface area contributed by atoms with Gasteiger partial charge in [-0.2, -0.15) is 0 Å². The fourth-order valence-electron chi connectivity index (χ4n) is 2.50. The van der Waals surface area contributed by atoms with Gasteiger partial charge in [0, 0.05) is 12.2 Å². The van der Waals surface area contributed by atoms with E-state index in [2.05, 4.69) is 22.2 Å². The number of methoxy groups -OCH3 is 1. The van der Waals surface area contributed by atoms with E-state index in [-0.39, 0.29) is 5.69 Å². The summed E-state index contributed by atoms with van der Waals surface area (Å²) in [5.74, 6) is 1.49. The van der Waals surface area contributed by atoms with E-state index in [9.17, 15) is 4.79 Å². The fraction of sp³-hybridized carbons (Fsp3) is 0.278. The minimum atomic E-state index is -0.199. The molecule has 0 atom stereocenters. The molecule has 0 spiro atoms. The molecule has 1 aromatic heterocycles. The number of H-pyrrole nitrogens is 2. The average Bonchev–Trinajstić information content (AvgIpc) is 2.97. The van der Waals surface area contributed by atoms with E-state index in [1.807, 2.05) is 36.4 Å². The molecule has 0 fully saturated rings. The molecule has 24 heavy (non-hydrogen) atoms. The smallest absolute Gasteiger partial charge is 0.323 e. The van der Waals surface area contributed by atoms with E-state index >= 15 is 0 Å². The van der Waals surface area contributed by atoms with Crippen LogP contribution in [-0.2, 0) is 6.54 Å². The Kier molecular flexibility index (Phi) is 4.74. The van der Waals surface area contributed by atoms with Crippen LogP contribution in [0.3, 0.4) is 0 Å². The van der Waals surface area contributed by atoms with E-state index in [0.717, 1.165) is 40.2 Å². The Balaban J connectivity index is 1.71. The summed E-state index contributed by atoms with van der Waals surface area (Å²) >= 11 is 0. The zero-order valence-corrected chi connectivity index (χ0v) is 13.8. The van der Waals surface area contributed by atoms with Crippen LogP contribution in [0.2, 0.25) is 0 Å². The van der Waals surface area contributed by atoms with E-state index < -0.39 is 0 Å². The van der Waals surface area contributed by atoms with Crippen molar-refractivity contribution in [1.29, 1.82) is 0 Å². The van der Waals surface area contributed by atoms with Crippen LogP contribution in [0.15, 0.2) is 41.2 Å². The van der Waals surface area contributed by atoms with Crippen LogP contribution in [-0.4, -0.2) is 23.7 Å². The molecule has 0 aliphatic carbocycles. The van der Waals surface area contributed by atoms with Crippen LogP contribution in [0.25, 0.3) is 11.0 Å². The van der Waals surface area contributed by atoms with Crippen LogP contribution in [0.1, 0.15) is 18.9 Å². The first-order valence-corrected chi connectivity index (χ1v) is 7.95. The second-order valence-corrected chi connectivity index (χ2v) is 5.53. The Morgan fingerprint density at radius 2 is 1.88 bits per heavy atom. The summed E-state index contributed by atoms with van der Waals surface area (Å²) in [4.78, 5) is 16.8. The van der Waals surface area contributed by atoms with E-state index in [0.29, 0.717) is 13.2 Å². The standard InChI is InChI=1S/C18H21N3O3/c1-3-8-24-16-7-4-12(9-17(16)23-2)11-19-13-5-6-14-15(10-13)21-18(22)20-14/h4-7,9-10,19H,3,8,11H2,1-2H3,(H2,20,21,22). The van der Waals surface area contributed by atoms with Gasteiger partial charge in [0.05, 0.1) is 24.8 Å². The van der Waals surface area contributed by atoms with E-state index in [1.165, 1.54) is 0 Å². The summed E-state index contributed by atoms with van der Waals surface area (Å²) in [5, 5.41) is 3.34. The number of hydrogen-bond acceptors (Lipinski definition) is 4. The van der Waals surface area contributed by atoms with Crippen molar-refractivity contribution in [2.24, 2.45) is 0 Å². The van der Waals surface area contributed by atoms with E-state index in [1.54, 1.807) is 7.11 Å². The first-order valence-electron chi connectivity index (χ1n) is 7.95. The predicted molar refractivity (Wildman–Crippen MR) is 95.0 cm³/mol. The topological polar surface area (TPSA) is 79.1 Å². The highest BCUT2D eigenvalue weighted by molar-refractivity contribution is 5.78. The minimum Gasteiger partial charge on any atom is -0.493 e. The Bertz CT molecular complexity index is 883. The summed E-state index contributed by atoms with van der Waals surface area (Å²) in [5.41, 5.74) is 3.39. The van der Waals surface area contributed by atoms with Gasteiger partial charge in [0.1, 0.15) is 0 Å². The van der Waals surface area contributed by atoms with Gasteiger partial charge in [0.15, 0.2) is 11.5 Å². The lowest BCUT2D eigenvalue weighted by Gasteiger charge is -2.12. The first kappa shape index (κ1) is 16.0. The molecule has 0 aliphatic rings. The molecule has 0 radical (unpaired) electrons. The Morgan fingerprint density at radius 1 is 1.04 bits per heavy atom. The third-order valence-electron chi connectivity index (χ3n) is 3.70. The molecule has 6 heteroatoms. The van der Waals surface area contributed by atoms with Crippen molar-refractivity contribution in [3.8, 4) is 11.5 Å². The zero-order valence-electron chi connectivity index (χ0n) is 13.8. The maximum absolute atomic E-state index is 11.3. The highest BCUT2D eigenvalue weighted by Crippen LogP contribution is 2.28. The van der Waals surface area contributed by atoms with Gasteiger partial charge in [0.2, 0.25) is 0 Å². The van der Waals surface area contributed by atoms with Crippen molar-refractivity contribution in [1.82, 2.24) is 9.97 Å². The van der Waals surface area contributed by atoms with Crippen molar-refractivity contribution in [3.05, 3.63) is 52.4 Å². The normalized spacial score (nSPS) is 10.8. The molecule has 0 amide bonds. The van der Waals surface area contributed by atoms with Crippen LogP contribution in [0, 0.1) is 0 Å². The number of nitrogens with one attached hydrogen (secondary N) is 3. The number of rotatable bonds is 7. The predicted octanol–water partition coefficient (Wildman–Crippen LogP) is 3.27. The van der Waals surface area contributed by atoms with Crippen LogP contribution in [0.4, 0.5) is 5.69 Å². The van der Waals surface area contributed by atoms with Gasteiger partial charge in [-0.05, 0) is 42.3 Å². The lowest BCUT2D eigenvalue weighted by Crippen LogP contribution is -2.02. The number of hydrogen-bond donors (Lipinski definition) is 3. The molecule has 3 aromatic rings. The number of aromatic amines is 2. The first-order chi connectivity index (χ1) is 11.7. The average molecular weight is 327 g/mol. The maximum Gasteiger partial charge on any atom is 0.323 e. The number of ether oxygens (including phenoxy) is 2. The van der Waals surface area contributed by atoms with Gasteiger partial charge in [0.25, 0.3) is 0 Å². The van der Waals surface area contributed by atoms with Gasteiger partial charge in [-0.15, -0.1) is 0 Å². The lowest BCUT2D eigenvalue weighted by atomic mass is 10.2. The maximum atomic E-state index is 11.3. The van der Waals surface area contributed by atoms with Gasteiger partial charge in [-0.25, -0.2) is 4.79 Å². The molecular weight excluding hydrogens is 306 g/mol. The van der Waals surface area contributed by atoms with Gasteiger partial charge in [-0.3, -0.25) is 0 Å². The number of benzene rings is 2. The molecule has 126 valence electrons. The van der Waals surface area contributed by atoms with Crippen molar-refractivity contribution in [3.63, 3.8) is 0 Å². The molecule has 0 saturated carbocycles. The Labute approximate surface area is 139 Å². The molecule has 6 nitrogen and oxygen atoms in total. The summed E-state index contributed by atoms with van der Waals surface area (Å²) in [6, 6.07) is 11.6. The number of anilines is 1. The SMILES string of the molecule is CCCOc1ccc(CNc2ccc3[nH]c(=O)[nH]c3c2)cc1OC. The van der Waals surface area contributed by atoms with Gasteiger partial charge < -0.3 is 24.8 Å². The molecule has 0 saturated heterocycles. The fourth-order valence-corrected chi connectivity index (χ4v) is 2.50. The zero-order chi connectivity index (χ0) is 16.9. The van der Waals surface area contributed by atoms with Crippen molar-refractivity contribution >= 4 is 16.7 Å².